The first kappa shape index (κ1) is 15.8. The smallest absolute Gasteiger partial charge is 0.171 e. The first-order chi connectivity index (χ1) is 10.2. The quantitative estimate of drug-likeness (QED) is 0.751. The third-order valence-electron chi connectivity index (χ3n) is 3.67. The summed E-state index contributed by atoms with van der Waals surface area (Å²) in [4.78, 5) is 13.5. The Morgan fingerprint density at radius 3 is 2.95 bits per heavy atom. The van der Waals surface area contributed by atoms with Gasteiger partial charge in [0.1, 0.15) is 12.7 Å². The van der Waals surface area contributed by atoms with Gasteiger partial charge in [-0.15, -0.1) is 0 Å². The second-order valence-electron chi connectivity index (χ2n) is 5.39. The molecule has 116 valence electrons. The molecule has 2 rings (SSSR count). The molecule has 0 N–H and O–H groups in total. The van der Waals surface area contributed by atoms with Crippen molar-refractivity contribution in [2.45, 2.75) is 26.0 Å². The Morgan fingerprint density at radius 2 is 2.29 bits per heavy atom. The molecule has 1 atom stereocenters. The lowest BCUT2D eigenvalue weighted by molar-refractivity contribution is -0.0567. The number of carbonyl (C=O) groups is 1. The molecule has 5 nitrogen and oxygen atoms in total. The molecule has 1 saturated heterocycles. The molecule has 1 heterocycles. The van der Waals surface area contributed by atoms with E-state index in [-0.39, 0.29) is 6.10 Å². The number of aldehydes is 1. The molecule has 1 aliphatic rings. The van der Waals surface area contributed by atoms with Gasteiger partial charge in [-0.3, -0.25) is 9.69 Å². The maximum absolute atomic E-state index is 11.1. The molecular formula is C16H23NO4. The van der Waals surface area contributed by atoms with Gasteiger partial charge in [0.2, 0.25) is 0 Å². The van der Waals surface area contributed by atoms with Crippen molar-refractivity contribution in [1.82, 2.24) is 4.90 Å². The Hall–Kier alpha value is -1.59. The first-order valence-electron chi connectivity index (χ1n) is 7.26. The fourth-order valence-corrected chi connectivity index (χ4v) is 2.43. The van der Waals surface area contributed by atoms with Gasteiger partial charge in [0.15, 0.2) is 17.8 Å². The molecule has 1 fully saturated rings. The van der Waals surface area contributed by atoms with Crippen LogP contribution in [-0.4, -0.2) is 56.7 Å². The van der Waals surface area contributed by atoms with E-state index in [0.717, 1.165) is 19.4 Å². The molecule has 5 heteroatoms. The molecule has 1 unspecified atom stereocenters. The van der Waals surface area contributed by atoms with Crippen LogP contribution in [0.5, 0.6) is 11.5 Å². The molecule has 1 aromatic rings. The topological polar surface area (TPSA) is 48.0 Å². The van der Waals surface area contributed by atoms with Gasteiger partial charge in [-0.2, -0.15) is 0 Å². The van der Waals surface area contributed by atoms with Crippen LogP contribution in [0.1, 0.15) is 24.2 Å². The van der Waals surface area contributed by atoms with Crippen LogP contribution in [0.2, 0.25) is 0 Å². The molecule has 0 aromatic heterocycles. The van der Waals surface area contributed by atoms with E-state index in [4.69, 9.17) is 14.2 Å². The SMILES string of the molecule is COc1cccc(C=O)c1OCC1CN(C(C)C)CCO1. The highest BCUT2D eigenvalue weighted by Crippen LogP contribution is 2.30. The van der Waals surface area contributed by atoms with Crippen molar-refractivity contribution in [1.29, 1.82) is 0 Å². The van der Waals surface area contributed by atoms with Crippen LogP contribution >= 0.6 is 0 Å². The highest BCUT2D eigenvalue weighted by atomic mass is 16.5. The Morgan fingerprint density at radius 1 is 1.48 bits per heavy atom. The maximum Gasteiger partial charge on any atom is 0.171 e. The zero-order valence-corrected chi connectivity index (χ0v) is 12.9. The van der Waals surface area contributed by atoms with E-state index in [1.807, 2.05) is 0 Å². The minimum absolute atomic E-state index is 0.00515. The lowest BCUT2D eigenvalue weighted by Gasteiger charge is -2.35. The number of carbonyl (C=O) groups excluding carboxylic acids is 1. The van der Waals surface area contributed by atoms with Crippen molar-refractivity contribution in [2.75, 3.05) is 33.4 Å². The molecule has 0 bridgehead atoms. The summed E-state index contributed by atoms with van der Waals surface area (Å²) in [6, 6.07) is 5.76. The Labute approximate surface area is 125 Å². The average molecular weight is 293 g/mol. The predicted octanol–water partition coefficient (Wildman–Crippen LogP) is 2.00. The number of hydrogen-bond acceptors (Lipinski definition) is 5. The van der Waals surface area contributed by atoms with Gasteiger partial charge in [0, 0.05) is 19.1 Å². The van der Waals surface area contributed by atoms with E-state index >= 15 is 0 Å². The first-order valence-corrected chi connectivity index (χ1v) is 7.26. The molecule has 0 radical (unpaired) electrons. The fourth-order valence-electron chi connectivity index (χ4n) is 2.43. The van der Waals surface area contributed by atoms with E-state index in [0.29, 0.717) is 36.3 Å². The molecule has 0 aliphatic carbocycles. The molecule has 21 heavy (non-hydrogen) atoms. The highest BCUT2D eigenvalue weighted by molar-refractivity contribution is 5.81. The summed E-state index contributed by atoms with van der Waals surface area (Å²) < 4.78 is 16.8. The zero-order valence-electron chi connectivity index (χ0n) is 12.9. The Bertz CT molecular complexity index is 475. The summed E-state index contributed by atoms with van der Waals surface area (Å²) in [7, 11) is 1.56. The Kier molecular flexibility index (Phi) is 5.59. The highest BCUT2D eigenvalue weighted by Gasteiger charge is 2.23. The second-order valence-corrected chi connectivity index (χ2v) is 5.39. The van der Waals surface area contributed by atoms with E-state index in [2.05, 4.69) is 18.7 Å². The second kappa shape index (κ2) is 7.43. The number of nitrogens with zero attached hydrogens (tertiary/aromatic N) is 1. The predicted molar refractivity (Wildman–Crippen MR) is 80.3 cm³/mol. The van der Waals surface area contributed by atoms with E-state index < -0.39 is 0 Å². The van der Waals surface area contributed by atoms with Crippen molar-refractivity contribution >= 4 is 6.29 Å². The van der Waals surface area contributed by atoms with Crippen LogP contribution in [0.15, 0.2) is 18.2 Å². The molecule has 0 amide bonds. The normalized spacial score (nSPS) is 19.5. The number of methoxy groups -OCH3 is 1. The van der Waals surface area contributed by atoms with Crippen molar-refractivity contribution in [2.24, 2.45) is 0 Å². The molecule has 0 spiro atoms. The zero-order chi connectivity index (χ0) is 15.2. The van der Waals surface area contributed by atoms with Crippen LogP contribution in [0.3, 0.4) is 0 Å². The monoisotopic (exact) mass is 293 g/mol. The van der Waals surface area contributed by atoms with Crippen LogP contribution < -0.4 is 9.47 Å². The van der Waals surface area contributed by atoms with E-state index in [1.54, 1.807) is 25.3 Å². The number of hydrogen-bond donors (Lipinski definition) is 0. The molecule has 1 aromatic carbocycles. The number of morpholine rings is 1. The van der Waals surface area contributed by atoms with Gasteiger partial charge in [-0.25, -0.2) is 0 Å². The maximum atomic E-state index is 11.1. The molecule has 0 saturated carbocycles. The van der Waals surface area contributed by atoms with E-state index in [9.17, 15) is 4.79 Å². The summed E-state index contributed by atoms with van der Waals surface area (Å²) in [5.41, 5.74) is 0.492. The largest absolute Gasteiger partial charge is 0.493 e. The fraction of sp³-hybridized carbons (Fsp3) is 0.562. The summed E-state index contributed by atoms with van der Waals surface area (Å²) in [6.45, 7) is 7.25. The van der Waals surface area contributed by atoms with Gasteiger partial charge < -0.3 is 14.2 Å². The van der Waals surface area contributed by atoms with Gasteiger partial charge in [0.25, 0.3) is 0 Å². The number of rotatable bonds is 6. The van der Waals surface area contributed by atoms with Gasteiger partial charge in [0.05, 0.1) is 19.3 Å². The summed E-state index contributed by atoms with van der Waals surface area (Å²) in [5.74, 6) is 1.05. The number of ether oxygens (including phenoxy) is 3. The summed E-state index contributed by atoms with van der Waals surface area (Å²) in [5, 5.41) is 0. The molecular weight excluding hydrogens is 270 g/mol. The minimum atomic E-state index is 0.00515. The van der Waals surface area contributed by atoms with Gasteiger partial charge in [-0.1, -0.05) is 6.07 Å². The minimum Gasteiger partial charge on any atom is -0.493 e. The van der Waals surface area contributed by atoms with Crippen LogP contribution in [0.25, 0.3) is 0 Å². The number of benzene rings is 1. The number of para-hydroxylation sites is 1. The van der Waals surface area contributed by atoms with Crippen LogP contribution in [-0.2, 0) is 4.74 Å². The van der Waals surface area contributed by atoms with Gasteiger partial charge in [-0.05, 0) is 26.0 Å². The standard InChI is InChI=1S/C16H23NO4/c1-12(2)17-7-8-20-14(9-17)11-21-16-13(10-18)5-4-6-15(16)19-3/h4-6,10,12,14H,7-9,11H2,1-3H3. The van der Waals surface area contributed by atoms with Crippen LogP contribution in [0, 0.1) is 0 Å². The Balaban J connectivity index is 2.01. The summed E-state index contributed by atoms with van der Waals surface area (Å²) in [6.07, 6.45) is 0.783. The van der Waals surface area contributed by atoms with Gasteiger partial charge >= 0.3 is 0 Å². The average Bonchev–Trinajstić information content (AvgIpc) is 2.52. The molecule has 1 aliphatic heterocycles. The van der Waals surface area contributed by atoms with Crippen molar-refractivity contribution < 1.29 is 19.0 Å². The van der Waals surface area contributed by atoms with Crippen molar-refractivity contribution in [3.8, 4) is 11.5 Å². The third kappa shape index (κ3) is 3.95. The van der Waals surface area contributed by atoms with Crippen molar-refractivity contribution in [3.63, 3.8) is 0 Å². The summed E-state index contributed by atoms with van der Waals surface area (Å²) >= 11 is 0. The lowest BCUT2D eigenvalue weighted by Crippen LogP contribution is -2.47. The van der Waals surface area contributed by atoms with E-state index in [1.165, 1.54) is 0 Å². The lowest BCUT2D eigenvalue weighted by atomic mass is 10.2. The van der Waals surface area contributed by atoms with Crippen LogP contribution in [0.4, 0.5) is 0 Å². The third-order valence-corrected chi connectivity index (χ3v) is 3.67. The van der Waals surface area contributed by atoms with Crippen molar-refractivity contribution in [3.05, 3.63) is 23.8 Å².